The first-order chi connectivity index (χ1) is 22.4. The molecule has 242 valence electrons. The number of ketones is 1. The van der Waals surface area contributed by atoms with Crippen LogP contribution in [-0.2, 0) is 16.0 Å². The predicted molar refractivity (Wildman–Crippen MR) is 170 cm³/mol. The molecule has 5 aliphatic heterocycles. The fourth-order valence-electron chi connectivity index (χ4n) is 8.01. The molecule has 9 rings (SSSR count). The number of ether oxygens (including phenoxy) is 2. The Bertz CT molecular complexity index is 1820. The zero-order valence-corrected chi connectivity index (χ0v) is 26.3. The van der Waals surface area contributed by atoms with Gasteiger partial charge in [-0.05, 0) is 50.3 Å². The quantitative estimate of drug-likeness (QED) is 0.309. The number of pyridine rings is 1. The Morgan fingerprint density at radius 1 is 1.13 bits per heavy atom. The van der Waals surface area contributed by atoms with E-state index in [9.17, 15) is 9.18 Å². The maximum absolute atomic E-state index is 17.0. The number of halogens is 3. The van der Waals surface area contributed by atoms with Gasteiger partial charge < -0.3 is 14.4 Å². The van der Waals surface area contributed by atoms with Crippen molar-refractivity contribution < 1.29 is 23.0 Å². The Morgan fingerprint density at radius 3 is 2.93 bits per heavy atom. The smallest absolute Gasteiger partial charge is 0.319 e. The third kappa shape index (κ3) is 5.28. The van der Waals surface area contributed by atoms with E-state index in [4.69, 9.17) is 31.0 Å². The Hall–Kier alpha value is -3.48. The highest BCUT2D eigenvalue weighted by Crippen LogP contribution is 2.42. The molecule has 0 saturated carbocycles. The van der Waals surface area contributed by atoms with Gasteiger partial charge in [-0.2, -0.15) is 15.1 Å². The fourth-order valence-corrected chi connectivity index (χ4v) is 8.31. The van der Waals surface area contributed by atoms with E-state index in [-0.39, 0.29) is 35.5 Å². The molecule has 0 spiro atoms. The zero-order valence-electron chi connectivity index (χ0n) is 25.5. The lowest BCUT2D eigenvalue weighted by Crippen LogP contribution is -2.43. The number of fused-ring (bicyclic) bond motifs is 8. The summed E-state index contributed by atoms with van der Waals surface area (Å²) >= 11 is 6.81. The van der Waals surface area contributed by atoms with Gasteiger partial charge in [0.15, 0.2) is 5.82 Å². The van der Waals surface area contributed by atoms with Crippen LogP contribution < -0.4 is 9.64 Å². The van der Waals surface area contributed by atoms with Crippen LogP contribution in [0.2, 0.25) is 5.02 Å². The Labute approximate surface area is 269 Å². The molecule has 0 amide bonds. The molecule has 1 aromatic carbocycles. The number of hydrogen-bond acceptors (Lipinski definition) is 9. The van der Waals surface area contributed by atoms with Crippen molar-refractivity contribution >= 4 is 45.0 Å². The molecule has 3 atom stereocenters. The summed E-state index contributed by atoms with van der Waals surface area (Å²) in [5.74, 6) is 0.00980. The van der Waals surface area contributed by atoms with Gasteiger partial charge in [-0.1, -0.05) is 11.6 Å². The van der Waals surface area contributed by atoms with E-state index in [0.29, 0.717) is 104 Å². The second-order valence-electron chi connectivity index (χ2n) is 13.3. The highest BCUT2D eigenvalue weighted by molar-refractivity contribution is 6.33. The van der Waals surface area contributed by atoms with Gasteiger partial charge in [0.1, 0.15) is 35.6 Å². The third-order valence-corrected chi connectivity index (χ3v) is 10.5. The van der Waals surface area contributed by atoms with Crippen molar-refractivity contribution in [1.82, 2.24) is 30.0 Å². The average molecular weight is 652 g/mol. The van der Waals surface area contributed by atoms with E-state index in [1.807, 2.05) is 4.90 Å². The van der Waals surface area contributed by atoms with Crippen LogP contribution in [0.25, 0.3) is 33.1 Å². The van der Waals surface area contributed by atoms with Crippen molar-refractivity contribution in [3.8, 4) is 17.3 Å². The molecule has 10 nitrogen and oxygen atoms in total. The summed E-state index contributed by atoms with van der Waals surface area (Å²) < 4.78 is 43.7. The van der Waals surface area contributed by atoms with Crippen molar-refractivity contribution in [2.75, 3.05) is 50.9 Å². The third-order valence-electron chi connectivity index (χ3n) is 10.2. The molecule has 5 aliphatic rings. The Kier molecular flexibility index (Phi) is 7.77. The summed E-state index contributed by atoms with van der Waals surface area (Å²) in [6, 6.07) is 1.83. The van der Waals surface area contributed by atoms with E-state index in [0.717, 1.165) is 24.9 Å². The number of benzene rings is 1. The Morgan fingerprint density at radius 2 is 2.02 bits per heavy atom. The number of H-pyrrole nitrogens is 1. The van der Waals surface area contributed by atoms with Gasteiger partial charge in [0.2, 0.25) is 0 Å². The lowest BCUT2D eigenvalue weighted by molar-refractivity contribution is -0.120. The molecule has 8 heterocycles. The topological polar surface area (TPSA) is 109 Å². The van der Waals surface area contributed by atoms with Crippen molar-refractivity contribution in [3.05, 3.63) is 34.9 Å². The van der Waals surface area contributed by atoms with E-state index >= 15 is 4.39 Å². The first kappa shape index (κ1) is 29.9. The molecular formula is C33H36ClF2N7O3. The molecule has 13 heteroatoms. The minimum absolute atomic E-state index is 0.0285. The number of nitrogens with one attached hydrogen (secondary N) is 1. The van der Waals surface area contributed by atoms with Crippen molar-refractivity contribution in [1.29, 1.82) is 0 Å². The lowest BCUT2D eigenvalue weighted by Gasteiger charge is -2.31. The van der Waals surface area contributed by atoms with E-state index in [2.05, 4.69) is 20.1 Å². The number of alkyl halides is 1. The van der Waals surface area contributed by atoms with E-state index < -0.39 is 17.5 Å². The lowest BCUT2D eigenvalue weighted by atomic mass is 9.93. The minimum Gasteiger partial charge on any atom is -0.461 e. The molecule has 1 N–H and O–H groups in total. The number of nitrogens with zero attached hydrogens (tertiary/aromatic N) is 6. The SMILES string of the molecule is O=C1CCCCc2c(Cl)cc3[nH]ncc3c2-c2ncc3c(nc(OC[C@@]45CCCN4C[C@H](F)C5)nc3c2F)N2CCOCC(C1)C2. The summed E-state index contributed by atoms with van der Waals surface area (Å²) in [5.41, 5.74) is 1.75. The van der Waals surface area contributed by atoms with E-state index in [1.165, 1.54) is 0 Å². The van der Waals surface area contributed by atoms with Gasteiger partial charge in [-0.25, -0.2) is 8.78 Å². The van der Waals surface area contributed by atoms with Gasteiger partial charge in [0.05, 0.1) is 35.9 Å². The molecule has 3 fully saturated rings. The number of Topliss-reactive ketones (excluding diaryl/α,β-unsaturated/α-hetero) is 1. The number of rotatable bonds is 3. The van der Waals surface area contributed by atoms with E-state index in [1.54, 1.807) is 18.5 Å². The molecule has 0 aliphatic carbocycles. The predicted octanol–water partition coefficient (Wildman–Crippen LogP) is 5.45. The normalized spacial score (nSPS) is 25.8. The van der Waals surface area contributed by atoms with Crippen LogP contribution in [0.4, 0.5) is 14.6 Å². The number of aromatic nitrogens is 5. The first-order valence-corrected chi connectivity index (χ1v) is 16.6. The summed E-state index contributed by atoms with van der Waals surface area (Å²) in [7, 11) is 0. The fraction of sp³-hybridized carbons (Fsp3) is 0.545. The second-order valence-corrected chi connectivity index (χ2v) is 13.7. The van der Waals surface area contributed by atoms with Crippen LogP contribution >= 0.6 is 11.6 Å². The summed E-state index contributed by atoms with van der Waals surface area (Å²) in [6.45, 7) is 3.33. The summed E-state index contributed by atoms with van der Waals surface area (Å²) in [4.78, 5) is 31.5. The molecule has 0 radical (unpaired) electrons. The van der Waals surface area contributed by atoms with Gasteiger partial charge in [-0.3, -0.25) is 19.8 Å². The van der Waals surface area contributed by atoms with Crippen molar-refractivity contribution in [2.45, 2.75) is 63.1 Å². The van der Waals surface area contributed by atoms with Crippen LogP contribution in [0, 0.1) is 11.7 Å². The monoisotopic (exact) mass is 651 g/mol. The highest BCUT2D eigenvalue weighted by Gasteiger charge is 2.49. The van der Waals surface area contributed by atoms with Gasteiger partial charge >= 0.3 is 6.01 Å². The number of anilines is 1. The average Bonchev–Trinajstić information content (AvgIpc) is 3.68. The molecule has 46 heavy (non-hydrogen) atoms. The zero-order chi connectivity index (χ0) is 31.4. The van der Waals surface area contributed by atoms with Crippen LogP contribution in [-0.4, -0.2) is 93.5 Å². The van der Waals surface area contributed by atoms with Gasteiger partial charge in [0, 0.05) is 67.0 Å². The second kappa shape index (κ2) is 12.0. The van der Waals surface area contributed by atoms with Crippen LogP contribution in [0.1, 0.15) is 50.5 Å². The highest BCUT2D eigenvalue weighted by atomic mass is 35.5. The number of aromatic amines is 1. The largest absolute Gasteiger partial charge is 0.461 e. The Balaban J connectivity index is 1.30. The number of hydrogen-bond donors (Lipinski definition) is 1. The maximum atomic E-state index is 17.0. The van der Waals surface area contributed by atoms with Crippen molar-refractivity contribution in [3.63, 3.8) is 0 Å². The molecule has 1 unspecified atom stereocenters. The van der Waals surface area contributed by atoms with Gasteiger partial charge in [-0.15, -0.1) is 0 Å². The van der Waals surface area contributed by atoms with Crippen molar-refractivity contribution in [2.24, 2.45) is 5.92 Å². The number of carbonyl (C=O) groups is 1. The number of carbonyl (C=O) groups excluding carboxylic acids is 1. The summed E-state index contributed by atoms with van der Waals surface area (Å²) in [5, 5.41) is 8.76. The molecular weight excluding hydrogens is 616 g/mol. The van der Waals surface area contributed by atoms with Crippen LogP contribution in [0.15, 0.2) is 18.5 Å². The van der Waals surface area contributed by atoms with Gasteiger partial charge in [0.25, 0.3) is 0 Å². The van der Waals surface area contributed by atoms with Crippen LogP contribution in [0.5, 0.6) is 6.01 Å². The first-order valence-electron chi connectivity index (χ1n) is 16.3. The van der Waals surface area contributed by atoms with Crippen LogP contribution in [0.3, 0.4) is 0 Å². The summed E-state index contributed by atoms with van der Waals surface area (Å²) in [6.07, 6.45) is 7.33. The molecule has 6 bridgehead atoms. The standard InChI is InChI=1S/C33H36ClF2N7O3/c34-25-11-26-23(14-38-41-26)27-22(25)5-2-1-4-21(44)10-19-15-42(8-9-45-17-19)31-24-13-37-30(27)28(36)29(24)39-32(40-31)46-18-33-6-3-7-43(33)16-20(35)12-33/h11,13-14,19-20H,1-10,12,15-18H2,(H,38,41)/t19?,20-,33+/m1/s1. The molecule has 3 saturated heterocycles. The minimum atomic E-state index is -0.904. The molecule has 4 aromatic rings. The maximum Gasteiger partial charge on any atom is 0.319 e. The molecule has 3 aromatic heterocycles.